The molecule has 1 rings (SSSR count). The van der Waals surface area contributed by atoms with Gasteiger partial charge in [0, 0.05) is 12.6 Å². The first-order valence-corrected chi connectivity index (χ1v) is 12.1. The van der Waals surface area contributed by atoms with E-state index in [4.69, 9.17) is 9.47 Å². The van der Waals surface area contributed by atoms with Gasteiger partial charge in [0.25, 0.3) is 0 Å². The largest absolute Gasteiger partial charge is 0.466 e. The van der Waals surface area contributed by atoms with Crippen molar-refractivity contribution in [3.63, 3.8) is 0 Å². The molecule has 0 saturated carbocycles. The molecule has 0 heterocycles. The highest BCUT2D eigenvalue weighted by molar-refractivity contribution is 5.91. The molecule has 3 amide bonds. The Labute approximate surface area is 208 Å². The molecule has 196 valence electrons. The molecule has 0 fully saturated rings. The number of esters is 1. The van der Waals surface area contributed by atoms with Gasteiger partial charge in [-0.25, -0.2) is 4.79 Å². The summed E-state index contributed by atoms with van der Waals surface area (Å²) >= 11 is 0. The Morgan fingerprint density at radius 1 is 1.06 bits per heavy atom. The highest BCUT2D eigenvalue weighted by Gasteiger charge is 2.35. The molecule has 9 heteroatoms. The molecule has 0 aliphatic carbocycles. The molecule has 1 aromatic rings. The number of hydrogen-bond acceptors (Lipinski definition) is 6. The summed E-state index contributed by atoms with van der Waals surface area (Å²) in [5.41, 5.74) is 1.77. The van der Waals surface area contributed by atoms with E-state index >= 15 is 0 Å². The molecule has 35 heavy (non-hydrogen) atoms. The quantitative estimate of drug-likeness (QED) is 0.458. The fourth-order valence-corrected chi connectivity index (χ4v) is 3.48. The summed E-state index contributed by atoms with van der Waals surface area (Å²) in [5, 5.41) is 5.28. The SMILES string of the molecule is CCOC(=O)CCNC(=O)C(c1cc(C)ccc1C)N(C(=O)CNC(=O)OC(C)(C)C)C(C)CC. The highest BCUT2D eigenvalue weighted by Crippen LogP contribution is 2.28. The molecule has 0 aliphatic heterocycles. The van der Waals surface area contributed by atoms with Crippen LogP contribution in [-0.4, -0.2) is 60.1 Å². The van der Waals surface area contributed by atoms with E-state index < -0.39 is 35.5 Å². The first kappa shape index (κ1) is 29.9. The van der Waals surface area contributed by atoms with Crippen molar-refractivity contribution in [1.82, 2.24) is 15.5 Å². The molecule has 0 radical (unpaired) electrons. The van der Waals surface area contributed by atoms with Crippen LogP contribution in [0, 0.1) is 13.8 Å². The third-order valence-corrected chi connectivity index (χ3v) is 5.33. The lowest BCUT2D eigenvalue weighted by atomic mass is 9.95. The van der Waals surface area contributed by atoms with E-state index in [-0.39, 0.29) is 32.2 Å². The number of aryl methyl sites for hydroxylation is 2. The molecule has 0 aromatic heterocycles. The van der Waals surface area contributed by atoms with Crippen molar-refractivity contribution in [2.75, 3.05) is 19.7 Å². The number of benzene rings is 1. The van der Waals surface area contributed by atoms with Gasteiger partial charge in [-0.1, -0.05) is 30.7 Å². The third kappa shape index (κ3) is 9.96. The first-order valence-electron chi connectivity index (χ1n) is 12.1. The molecule has 9 nitrogen and oxygen atoms in total. The minimum Gasteiger partial charge on any atom is -0.466 e. The number of carbonyl (C=O) groups excluding carboxylic acids is 4. The molecule has 0 bridgehead atoms. The molecule has 1 aromatic carbocycles. The average Bonchev–Trinajstić information content (AvgIpc) is 2.76. The van der Waals surface area contributed by atoms with Crippen LogP contribution in [0.4, 0.5) is 4.79 Å². The van der Waals surface area contributed by atoms with Crippen LogP contribution >= 0.6 is 0 Å². The number of rotatable bonds is 11. The summed E-state index contributed by atoms with van der Waals surface area (Å²) in [6, 6.07) is 4.48. The number of alkyl carbamates (subject to hydrolysis) is 1. The Balaban J connectivity index is 3.26. The number of amides is 3. The maximum absolute atomic E-state index is 13.5. The second kappa shape index (κ2) is 13.7. The highest BCUT2D eigenvalue weighted by atomic mass is 16.6. The van der Waals surface area contributed by atoms with Crippen LogP contribution in [0.3, 0.4) is 0 Å². The van der Waals surface area contributed by atoms with Crippen LogP contribution < -0.4 is 10.6 Å². The monoisotopic (exact) mass is 491 g/mol. The van der Waals surface area contributed by atoms with Crippen LogP contribution in [0.15, 0.2) is 18.2 Å². The van der Waals surface area contributed by atoms with Gasteiger partial charge in [-0.15, -0.1) is 0 Å². The molecule has 2 unspecified atom stereocenters. The van der Waals surface area contributed by atoms with E-state index in [0.717, 1.165) is 11.1 Å². The van der Waals surface area contributed by atoms with Gasteiger partial charge in [-0.2, -0.15) is 0 Å². The van der Waals surface area contributed by atoms with E-state index in [1.54, 1.807) is 27.7 Å². The van der Waals surface area contributed by atoms with Crippen molar-refractivity contribution in [1.29, 1.82) is 0 Å². The molecule has 0 spiro atoms. The van der Waals surface area contributed by atoms with Gasteiger partial charge in [0.15, 0.2) is 0 Å². The zero-order valence-electron chi connectivity index (χ0n) is 22.3. The van der Waals surface area contributed by atoms with E-state index in [2.05, 4.69) is 10.6 Å². The van der Waals surface area contributed by atoms with Crippen LogP contribution in [0.5, 0.6) is 0 Å². The predicted molar refractivity (Wildman–Crippen MR) is 134 cm³/mol. The smallest absolute Gasteiger partial charge is 0.408 e. The van der Waals surface area contributed by atoms with E-state index in [9.17, 15) is 19.2 Å². The lowest BCUT2D eigenvalue weighted by Gasteiger charge is -2.36. The van der Waals surface area contributed by atoms with Crippen molar-refractivity contribution in [3.05, 3.63) is 34.9 Å². The molecule has 0 saturated heterocycles. The Morgan fingerprint density at radius 2 is 1.71 bits per heavy atom. The first-order chi connectivity index (χ1) is 16.3. The predicted octanol–water partition coefficient (Wildman–Crippen LogP) is 3.57. The van der Waals surface area contributed by atoms with Gasteiger partial charge < -0.3 is 25.0 Å². The topological polar surface area (TPSA) is 114 Å². The second-order valence-electron chi connectivity index (χ2n) is 9.52. The maximum atomic E-state index is 13.5. The van der Waals surface area contributed by atoms with Gasteiger partial charge in [0.2, 0.25) is 11.8 Å². The van der Waals surface area contributed by atoms with Crippen LogP contribution in [0.25, 0.3) is 0 Å². The lowest BCUT2D eigenvalue weighted by Crippen LogP contribution is -2.51. The molecule has 2 N–H and O–H groups in total. The molecule has 2 atom stereocenters. The summed E-state index contributed by atoms with van der Waals surface area (Å²) in [6.07, 6.45) is -0.0937. The average molecular weight is 492 g/mol. The Morgan fingerprint density at radius 3 is 2.29 bits per heavy atom. The number of nitrogens with zero attached hydrogens (tertiary/aromatic N) is 1. The summed E-state index contributed by atoms with van der Waals surface area (Å²) in [4.78, 5) is 52.2. The van der Waals surface area contributed by atoms with E-state index in [1.807, 2.05) is 45.9 Å². The van der Waals surface area contributed by atoms with Crippen LogP contribution in [-0.2, 0) is 23.9 Å². The molecular weight excluding hydrogens is 450 g/mol. The fraction of sp³-hybridized carbons (Fsp3) is 0.615. The normalized spacial score (nSPS) is 12.8. The Bertz CT molecular complexity index is 894. The molecule has 0 aliphatic rings. The van der Waals surface area contributed by atoms with E-state index in [0.29, 0.717) is 12.0 Å². The summed E-state index contributed by atoms with van der Waals surface area (Å²) in [5.74, 6) is -1.24. The van der Waals surface area contributed by atoms with Crippen LogP contribution in [0.1, 0.15) is 77.1 Å². The Kier molecular flexibility index (Phi) is 11.7. The lowest BCUT2D eigenvalue weighted by molar-refractivity contribution is -0.144. The van der Waals surface area contributed by atoms with Crippen molar-refractivity contribution >= 4 is 23.9 Å². The molecular formula is C26H41N3O6. The zero-order valence-corrected chi connectivity index (χ0v) is 22.3. The standard InChI is InChI=1S/C26H41N3O6/c1-9-19(5)29(21(30)16-28-25(33)35-26(6,7)8)23(20-15-17(3)11-12-18(20)4)24(32)27-14-13-22(31)34-10-2/h11-12,15,19,23H,9-10,13-14,16H2,1-8H3,(H,27,32)(H,28,33). The van der Waals surface area contributed by atoms with Gasteiger partial charge in [-0.3, -0.25) is 14.4 Å². The third-order valence-electron chi connectivity index (χ3n) is 5.33. The van der Waals surface area contributed by atoms with Gasteiger partial charge in [0.05, 0.1) is 13.0 Å². The number of ether oxygens (including phenoxy) is 2. The van der Waals surface area contributed by atoms with Gasteiger partial charge >= 0.3 is 12.1 Å². The minimum absolute atomic E-state index is 0.0244. The summed E-state index contributed by atoms with van der Waals surface area (Å²) in [6.45, 7) is 14.5. The maximum Gasteiger partial charge on any atom is 0.408 e. The van der Waals surface area contributed by atoms with Gasteiger partial charge in [0.1, 0.15) is 18.2 Å². The number of hydrogen-bond donors (Lipinski definition) is 2. The number of nitrogens with one attached hydrogen (secondary N) is 2. The minimum atomic E-state index is -0.944. The van der Waals surface area contributed by atoms with Crippen molar-refractivity contribution in [2.24, 2.45) is 0 Å². The van der Waals surface area contributed by atoms with E-state index in [1.165, 1.54) is 4.90 Å². The Hall–Kier alpha value is -3.10. The number of carbonyl (C=O) groups is 4. The fourth-order valence-electron chi connectivity index (χ4n) is 3.48. The summed E-state index contributed by atoms with van der Waals surface area (Å²) < 4.78 is 10.2. The van der Waals surface area contributed by atoms with Crippen molar-refractivity contribution < 1.29 is 28.7 Å². The van der Waals surface area contributed by atoms with Crippen molar-refractivity contribution in [2.45, 2.75) is 85.9 Å². The second-order valence-corrected chi connectivity index (χ2v) is 9.52. The zero-order chi connectivity index (χ0) is 26.8. The van der Waals surface area contributed by atoms with Gasteiger partial charge in [-0.05, 0) is 66.0 Å². The summed E-state index contributed by atoms with van der Waals surface area (Å²) in [7, 11) is 0. The van der Waals surface area contributed by atoms with Crippen molar-refractivity contribution in [3.8, 4) is 0 Å². The van der Waals surface area contributed by atoms with Crippen LogP contribution in [0.2, 0.25) is 0 Å².